The van der Waals surface area contributed by atoms with E-state index < -0.39 is 23.9 Å². The fraction of sp³-hybridized carbons (Fsp3) is 0.421. The molecular formula is C38H51N7O8. The number of carbonyl (C=O) groups is 4. The number of hydrogen-bond acceptors (Lipinski definition) is 11. The van der Waals surface area contributed by atoms with Crippen LogP contribution in [-0.4, -0.2) is 143 Å². The van der Waals surface area contributed by atoms with Crippen molar-refractivity contribution in [3.05, 3.63) is 95.8 Å². The van der Waals surface area contributed by atoms with Gasteiger partial charge in [0.25, 0.3) is 5.91 Å². The van der Waals surface area contributed by atoms with E-state index in [1.165, 1.54) is 0 Å². The molecule has 0 aromatic heterocycles. The lowest BCUT2D eigenvalue weighted by Gasteiger charge is -2.33. The van der Waals surface area contributed by atoms with Gasteiger partial charge in [0, 0.05) is 58.9 Å². The lowest BCUT2D eigenvalue weighted by Crippen LogP contribution is -2.49. The number of fused-ring (bicyclic) bond motifs is 1. The van der Waals surface area contributed by atoms with Gasteiger partial charge < -0.3 is 26.4 Å². The lowest BCUT2D eigenvalue weighted by molar-refractivity contribution is -0.139. The summed E-state index contributed by atoms with van der Waals surface area (Å²) < 4.78 is 0. The molecule has 4 rings (SSSR count). The van der Waals surface area contributed by atoms with Gasteiger partial charge in [0.2, 0.25) is 5.91 Å². The molecule has 1 aliphatic heterocycles. The van der Waals surface area contributed by atoms with Crippen LogP contribution in [0.1, 0.15) is 16.7 Å². The van der Waals surface area contributed by atoms with E-state index in [9.17, 15) is 34.5 Å². The van der Waals surface area contributed by atoms with Crippen molar-refractivity contribution in [2.45, 2.75) is 25.6 Å². The van der Waals surface area contributed by atoms with Crippen LogP contribution in [0.2, 0.25) is 0 Å². The van der Waals surface area contributed by atoms with Crippen molar-refractivity contribution in [2.24, 2.45) is 5.73 Å². The summed E-state index contributed by atoms with van der Waals surface area (Å²) in [6.45, 7) is 7.14. The topological polar surface area (TPSA) is 201 Å². The molecular weight excluding hydrogens is 682 g/mol. The summed E-state index contributed by atoms with van der Waals surface area (Å²) >= 11 is 0. The van der Waals surface area contributed by atoms with Gasteiger partial charge in [-0.25, -0.2) is 5.48 Å². The maximum Gasteiger partial charge on any atom is 0.317 e. The number of nitrogens with one attached hydrogen (secondary N) is 2. The largest absolute Gasteiger partial charge is 0.512 e. The Morgan fingerprint density at radius 2 is 1.17 bits per heavy atom. The van der Waals surface area contributed by atoms with E-state index in [4.69, 9.17) is 10.6 Å². The fourth-order valence-corrected chi connectivity index (χ4v) is 6.04. The fourth-order valence-electron chi connectivity index (χ4n) is 6.04. The van der Waals surface area contributed by atoms with Gasteiger partial charge in [-0.1, -0.05) is 73.3 Å². The summed E-state index contributed by atoms with van der Waals surface area (Å²) in [6.07, 6.45) is 0.368. The third-order valence-electron chi connectivity index (χ3n) is 8.95. The van der Waals surface area contributed by atoms with Crippen molar-refractivity contribution >= 4 is 34.5 Å². The number of rotatable bonds is 16. The third kappa shape index (κ3) is 14.9. The van der Waals surface area contributed by atoms with Crippen LogP contribution in [0, 0.1) is 0 Å². The number of amides is 2. The zero-order chi connectivity index (χ0) is 38.2. The van der Waals surface area contributed by atoms with Crippen LogP contribution < -0.4 is 16.5 Å². The van der Waals surface area contributed by atoms with E-state index in [2.05, 4.69) is 17.4 Å². The molecule has 286 valence electrons. The van der Waals surface area contributed by atoms with Crippen molar-refractivity contribution < 1.29 is 39.3 Å². The molecule has 3 aromatic rings. The summed E-state index contributed by atoms with van der Waals surface area (Å²) in [5.41, 5.74) is 11.2. The van der Waals surface area contributed by atoms with Crippen LogP contribution in [0.25, 0.3) is 10.8 Å². The molecule has 1 heterocycles. The number of hydrogen-bond donors (Lipinski definition) is 6. The Hall–Kier alpha value is -4.90. The highest BCUT2D eigenvalue weighted by Crippen LogP contribution is 2.16. The molecule has 15 heteroatoms. The molecule has 1 aliphatic rings. The maximum atomic E-state index is 13.0. The lowest BCUT2D eigenvalue weighted by atomic mass is 10.0. The Morgan fingerprint density at radius 1 is 0.679 bits per heavy atom. The Bertz CT molecular complexity index is 1660. The van der Waals surface area contributed by atoms with E-state index in [0.29, 0.717) is 58.8 Å². The SMILES string of the molecule is C=C(O)CN1CCN(CC(=O)O)CCN(CC(=O)NCc2ccc(CONC(=O)[C@H](N)Cc3ccc4ccccc4c3)cc2)CCN(CC(=O)O)CC1. The van der Waals surface area contributed by atoms with E-state index in [-0.39, 0.29) is 51.0 Å². The number of nitrogens with zero attached hydrogens (tertiary/aromatic N) is 4. The average Bonchev–Trinajstić information content (AvgIpc) is 3.11. The van der Waals surface area contributed by atoms with Gasteiger partial charge in [0.05, 0.1) is 44.6 Å². The molecule has 0 spiro atoms. The Morgan fingerprint density at radius 3 is 1.72 bits per heavy atom. The first kappa shape index (κ1) is 40.9. The molecule has 3 aromatic carbocycles. The van der Waals surface area contributed by atoms with Gasteiger partial charge in [-0.15, -0.1) is 0 Å². The van der Waals surface area contributed by atoms with Gasteiger partial charge in [0.15, 0.2) is 0 Å². The second-order valence-corrected chi connectivity index (χ2v) is 13.3. The Balaban J connectivity index is 1.23. The second kappa shape index (κ2) is 21.0. The number of carbonyl (C=O) groups excluding carboxylic acids is 2. The van der Waals surface area contributed by atoms with Crippen molar-refractivity contribution in [3.8, 4) is 0 Å². The molecule has 0 unspecified atom stereocenters. The summed E-state index contributed by atoms with van der Waals surface area (Å²) in [4.78, 5) is 61.5. The normalized spacial score (nSPS) is 16.2. The number of aliphatic carboxylic acids is 2. The van der Waals surface area contributed by atoms with Gasteiger partial charge in [-0.3, -0.25) is 43.6 Å². The second-order valence-electron chi connectivity index (χ2n) is 13.3. The minimum Gasteiger partial charge on any atom is -0.512 e. The van der Waals surface area contributed by atoms with Crippen LogP contribution in [0.4, 0.5) is 0 Å². The molecule has 1 saturated heterocycles. The molecule has 0 bridgehead atoms. The molecule has 2 amide bonds. The standard InChI is InChI=1S/C38H51N7O8/c1-28(46)23-42-12-16-44(25-36(48)49)18-14-43(15-19-45(17-13-42)26-37(50)51)24-35(47)40-22-29-6-8-30(9-7-29)27-53-41-38(52)34(39)21-31-10-11-32-4-2-3-5-33(32)20-31/h2-11,20,34,46H,1,12-19,21-27,39H2,(H,40,47)(H,41,52)(H,48,49)(H,50,51)/t34-/m1/s1. The molecule has 53 heavy (non-hydrogen) atoms. The Kier molecular flexibility index (Phi) is 16.2. The van der Waals surface area contributed by atoms with Crippen LogP contribution in [-0.2, 0) is 43.6 Å². The van der Waals surface area contributed by atoms with E-state index >= 15 is 0 Å². The van der Waals surface area contributed by atoms with Crippen molar-refractivity contribution in [2.75, 3.05) is 78.5 Å². The highest BCUT2D eigenvalue weighted by Gasteiger charge is 2.21. The predicted octanol–water partition coefficient (Wildman–Crippen LogP) is 1.04. The molecule has 15 nitrogen and oxygen atoms in total. The number of aliphatic hydroxyl groups excluding tert-OH is 1. The van der Waals surface area contributed by atoms with Crippen molar-refractivity contribution in [3.63, 3.8) is 0 Å². The highest BCUT2D eigenvalue weighted by atomic mass is 16.6. The first-order chi connectivity index (χ1) is 25.4. The van der Waals surface area contributed by atoms with Crippen LogP contribution >= 0.6 is 0 Å². The molecule has 0 aliphatic carbocycles. The van der Waals surface area contributed by atoms with Gasteiger partial charge in [0.1, 0.15) is 0 Å². The zero-order valence-corrected chi connectivity index (χ0v) is 30.0. The van der Waals surface area contributed by atoms with Gasteiger partial charge >= 0.3 is 11.9 Å². The monoisotopic (exact) mass is 733 g/mol. The third-order valence-corrected chi connectivity index (χ3v) is 8.95. The summed E-state index contributed by atoms with van der Waals surface area (Å²) in [7, 11) is 0. The molecule has 0 radical (unpaired) electrons. The summed E-state index contributed by atoms with van der Waals surface area (Å²) in [5, 5.41) is 33.8. The molecule has 7 N–H and O–H groups in total. The van der Waals surface area contributed by atoms with Crippen molar-refractivity contribution in [1.82, 2.24) is 30.4 Å². The minimum absolute atomic E-state index is 0.0238. The number of aliphatic hydroxyl groups is 1. The highest BCUT2D eigenvalue weighted by molar-refractivity contribution is 5.84. The predicted molar refractivity (Wildman–Crippen MR) is 200 cm³/mol. The van der Waals surface area contributed by atoms with E-state index in [1.807, 2.05) is 76.5 Å². The summed E-state index contributed by atoms with van der Waals surface area (Å²) in [5.74, 6) is -2.60. The minimum atomic E-state index is -0.966. The van der Waals surface area contributed by atoms with E-state index in [0.717, 1.165) is 27.5 Å². The Labute approximate surface area is 309 Å². The number of benzene rings is 3. The molecule has 1 fully saturated rings. The summed E-state index contributed by atoms with van der Waals surface area (Å²) in [6, 6.07) is 20.6. The number of carboxylic acids is 2. The quantitative estimate of drug-likeness (QED) is 0.0902. The smallest absolute Gasteiger partial charge is 0.317 e. The van der Waals surface area contributed by atoms with Gasteiger partial charge in [-0.05, 0) is 33.9 Å². The van der Waals surface area contributed by atoms with Gasteiger partial charge in [-0.2, -0.15) is 0 Å². The molecule has 0 saturated carbocycles. The first-order valence-corrected chi connectivity index (χ1v) is 17.6. The number of carboxylic acid groups (broad SMARTS) is 2. The number of nitrogens with two attached hydrogens (primary N) is 1. The van der Waals surface area contributed by atoms with Crippen LogP contribution in [0.5, 0.6) is 0 Å². The average molecular weight is 734 g/mol. The number of hydroxylamine groups is 1. The first-order valence-electron chi connectivity index (χ1n) is 17.6. The van der Waals surface area contributed by atoms with Crippen LogP contribution in [0.15, 0.2) is 79.1 Å². The van der Waals surface area contributed by atoms with Crippen LogP contribution in [0.3, 0.4) is 0 Å². The van der Waals surface area contributed by atoms with Crippen molar-refractivity contribution in [1.29, 1.82) is 0 Å². The molecule has 1 atom stereocenters. The maximum absolute atomic E-state index is 13.0. The zero-order valence-electron chi connectivity index (χ0n) is 30.0. The van der Waals surface area contributed by atoms with E-state index in [1.54, 1.807) is 9.80 Å².